The first-order valence-electron chi connectivity index (χ1n) is 9.55. The highest BCUT2D eigenvalue weighted by Gasteiger charge is 2.54. The van der Waals surface area contributed by atoms with Crippen LogP contribution in [-0.2, 0) is 14.8 Å². The van der Waals surface area contributed by atoms with Crippen LogP contribution >= 0.6 is 10.8 Å². The molecule has 1 amide bonds. The molecule has 1 aromatic carbocycles. The van der Waals surface area contributed by atoms with Gasteiger partial charge in [0.1, 0.15) is 16.2 Å². The second-order valence-corrected chi connectivity index (χ2v) is 11.7. The predicted molar refractivity (Wildman–Crippen MR) is 113 cm³/mol. The summed E-state index contributed by atoms with van der Waals surface area (Å²) in [4.78, 5) is 12.8. The van der Waals surface area contributed by atoms with Crippen LogP contribution in [0.3, 0.4) is 0 Å². The summed E-state index contributed by atoms with van der Waals surface area (Å²) in [5.74, 6) is -0.210. The molecule has 2 heterocycles. The molecular weight excluding hydrogens is 432 g/mol. The SMILES string of the molecule is CS(=O)(=O)Nc1ccc2c(c1)S(O)(O)N=C(C1=C(O)[C@@H]3[C@H]4CC[C@H](C4)[C@@H]3NC1=O)N2. The van der Waals surface area contributed by atoms with E-state index in [1.807, 2.05) is 0 Å². The number of anilines is 2. The summed E-state index contributed by atoms with van der Waals surface area (Å²) in [5, 5.41) is 16.8. The first-order chi connectivity index (χ1) is 14.0. The molecule has 2 saturated carbocycles. The highest BCUT2D eigenvalue weighted by Crippen LogP contribution is 2.57. The highest BCUT2D eigenvalue weighted by molar-refractivity contribution is 8.23. The van der Waals surface area contributed by atoms with Crippen LogP contribution in [0, 0.1) is 17.8 Å². The molecule has 0 radical (unpaired) electrons. The lowest BCUT2D eigenvalue weighted by Gasteiger charge is -2.38. The topological polar surface area (TPSA) is 160 Å². The second-order valence-electron chi connectivity index (χ2n) is 8.29. The zero-order chi connectivity index (χ0) is 21.4. The van der Waals surface area contributed by atoms with Crippen molar-refractivity contribution >= 4 is 43.9 Å². The quantitative estimate of drug-likeness (QED) is 0.408. The Hall–Kier alpha value is -2.28. The third kappa shape index (κ3) is 3.06. The van der Waals surface area contributed by atoms with Crippen LogP contribution in [0.25, 0.3) is 0 Å². The molecule has 162 valence electrons. The molecule has 1 aromatic rings. The van der Waals surface area contributed by atoms with Crippen LogP contribution in [0.5, 0.6) is 0 Å². The summed E-state index contributed by atoms with van der Waals surface area (Å²) >= 11 is 0. The number of aliphatic hydroxyl groups is 1. The van der Waals surface area contributed by atoms with Crippen LogP contribution in [0.1, 0.15) is 19.3 Å². The van der Waals surface area contributed by atoms with Crippen molar-refractivity contribution in [3.05, 3.63) is 29.5 Å². The molecule has 6 N–H and O–H groups in total. The van der Waals surface area contributed by atoms with Gasteiger partial charge in [0.05, 0.1) is 17.6 Å². The number of nitrogens with one attached hydrogen (secondary N) is 3. The minimum atomic E-state index is -3.73. The van der Waals surface area contributed by atoms with Crippen molar-refractivity contribution in [3.8, 4) is 0 Å². The molecule has 10 nitrogen and oxygen atoms in total. The minimum absolute atomic E-state index is 0.00555. The molecule has 12 heteroatoms. The van der Waals surface area contributed by atoms with Crippen LogP contribution in [0.4, 0.5) is 11.4 Å². The van der Waals surface area contributed by atoms with Crippen molar-refractivity contribution in [1.82, 2.24) is 5.32 Å². The number of fused-ring (bicyclic) bond motifs is 6. The van der Waals surface area contributed by atoms with Crippen molar-refractivity contribution < 1.29 is 27.4 Å². The van der Waals surface area contributed by atoms with Crippen LogP contribution < -0.4 is 15.4 Å². The number of carbonyl (C=O) groups is 1. The summed E-state index contributed by atoms with van der Waals surface area (Å²) in [7, 11) is -7.28. The van der Waals surface area contributed by atoms with Crippen LogP contribution in [0.2, 0.25) is 0 Å². The molecule has 5 rings (SSSR count). The van der Waals surface area contributed by atoms with Gasteiger partial charge in [-0.3, -0.25) is 18.6 Å². The second kappa shape index (κ2) is 6.36. The fourth-order valence-electron chi connectivity index (χ4n) is 5.19. The van der Waals surface area contributed by atoms with Gasteiger partial charge in [0.15, 0.2) is 5.84 Å². The molecule has 0 saturated heterocycles. The van der Waals surface area contributed by atoms with E-state index in [0.717, 1.165) is 25.5 Å². The summed E-state index contributed by atoms with van der Waals surface area (Å²) in [6.45, 7) is 0. The molecule has 2 aliphatic heterocycles. The maximum atomic E-state index is 12.8. The van der Waals surface area contributed by atoms with E-state index in [-0.39, 0.29) is 51.3 Å². The average molecular weight is 455 g/mol. The molecule has 0 spiro atoms. The molecule has 4 aliphatic rings. The number of nitrogens with zero attached hydrogens (tertiary/aromatic N) is 1. The van der Waals surface area contributed by atoms with Gasteiger partial charge in [-0.1, -0.05) is 10.8 Å². The van der Waals surface area contributed by atoms with Gasteiger partial charge in [0.25, 0.3) is 5.91 Å². The third-order valence-corrected chi connectivity index (χ3v) is 8.27. The first-order valence-corrected chi connectivity index (χ1v) is 12.9. The lowest BCUT2D eigenvalue weighted by Crippen LogP contribution is -2.51. The average Bonchev–Trinajstić information content (AvgIpc) is 3.22. The molecular formula is C18H22N4O6S2. The van der Waals surface area contributed by atoms with Gasteiger partial charge in [0.2, 0.25) is 10.0 Å². The summed E-state index contributed by atoms with van der Waals surface area (Å²) in [6, 6.07) is 4.10. The Morgan fingerprint density at radius 2 is 1.97 bits per heavy atom. The van der Waals surface area contributed by atoms with Crippen molar-refractivity contribution in [2.24, 2.45) is 22.2 Å². The smallest absolute Gasteiger partial charge is 0.258 e. The maximum absolute atomic E-state index is 12.8. The number of aliphatic hydroxyl groups excluding tert-OH is 1. The summed E-state index contributed by atoms with van der Waals surface area (Å²) in [5.41, 5.74) is 0.342. The largest absolute Gasteiger partial charge is 0.511 e. The number of amidine groups is 1. The van der Waals surface area contributed by atoms with Gasteiger partial charge < -0.3 is 15.7 Å². The number of benzene rings is 1. The van der Waals surface area contributed by atoms with E-state index in [9.17, 15) is 27.4 Å². The van der Waals surface area contributed by atoms with Crippen molar-refractivity contribution in [3.63, 3.8) is 0 Å². The molecule has 4 atom stereocenters. The van der Waals surface area contributed by atoms with Crippen LogP contribution in [-0.4, -0.2) is 46.7 Å². The van der Waals surface area contributed by atoms with Gasteiger partial charge >= 0.3 is 0 Å². The highest BCUT2D eigenvalue weighted by atomic mass is 32.3. The Balaban J connectivity index is 1.53. The maximum Gasteiger partial charge on any atom is 0.258 e. The molecule has 2 aliphatic carbocycles. The van der Waals surface area contributed by atoms with E-state index < -0.39 is 26.7 Å². The van der Waals surface area contributed by atoms with E-state index in [0.29, 0.717) is 5.92 Å². The monoisotopic (exact) mass is 454 g/mol. The Morgan fingerprint density at radius 3 is 2.70 bits per heavy atom. The van der Waals surface area contributed by atoms with Crippen molar-refractivity contribution in [2.45, 2.75) is 30.2 Å². The zero-order valence-corrected chi connectivity index (χ0v) is 17.6. The lowest BCUT2D eigenvalue weighted by molar-refractivity contribution is -0.119. The zero-order valence-electron chi connectivity index (χ0n) is 16.0. The fraction of sp³-hybridized carbons (Fsp3) is 0.444. The number of carbonyl (C=O) groups excluding carboxylic acids is 1. The van der Waals surface area contributed by atoms with E-state index in [4.69, 9.17) is 0 Å². The summed E-state index contributed by atoms with van der Waals surface area (Å²) < 4.78 is 50.3. The van der Waals surface area contributed by atoms with Crippen molar-refractivity contribution in [1.29, 1.82) is 0 Å². The Morgan fingerprint density at radius 1 is 1.23 bits per heavy atom. The Bertz CT molecular complexity index is 1130. The van der Waals surface area contributed by atoms with Gasteiger partial charge in [-0.25, -0.2) is 8.42 Å². The molecule has 0 aromatic heterocycles. The molecule has 30 heavy (non-hydrogen) atoms. The minimum Gasteiger partial charge on any atom is -0.511 e. The van der Waals surface area contributed by atoms with Crippen LogP contribution in [0.15, 0.2) is 38.8 Å². The third-order valence-electron chi connectivity index (χ3n) is 6.30. The standard InChI is InChI=1S/C18H22N4O6S2/c1-29(25,26)21-10-4-5-11-12(7-10)30(27,28)22-17(19-11)14-16(23)13-8-2-3-9(6-8)15(13)20-18(14)24/h4-5,7-9,13,15,21,23,27-28H,2-3,6H2,1H3,(H,19,22)(H,20,24)/t8-,9+,13+,15-/m0/s1. The number of hydrogen-bond donors (Lipinski definition) is 6. The van der Waals surface area contributed by atoms with E-state index in [1.165, 1.54) is 18.2 Å². The number of amides is 1. The first kappa shape index (κ1) is 19.7. The lowest BCUT2D eigenvalue weighted by atomic mass is 9.79. The van der Waals surface area contributed by atoms with Gasteiger partial charge in [-0.2, -0.15) is 0 Å². The fourth-order valence-corrected chi connectivity index (χ4v) is 6.94. The normalized spacial score (nSPS) is 32.5. The van der Waals surface area contributed by atoms with Gasteiger partial charge in [0, 0.05) is 12.0 Å². The Kier molecular flexibility index (Phi) is 4.17. The summed E-state index contributed by atoms with van der Waals surface area (Å²) in [6.07, 6.45) is 3.97. The molecule has 0 unspecified atom stereocenters. The number of sulfonamides is 1. The van der Waals surface area contributed by atoms with Gasteiger partial charge in [-0.15, -0.1) is 4.40 Å². The van der Waals surface area contributed by atoms with Gasteiger partial charge in [-0.05, 0) is 49.3 Å². The van der Waals surface area contributed by atoms with E-state index in [2.05, 4.69) is 19.8 Å². The predicted octanol–water partition coefficient (Wildman–Crippen LogP) is 2.26. The van der Waals surface area contributed by atoms with E-state index in [1.54, 1.807) is 0 Å². The van der Waals surface area contributed by atoms with E-state index >= 15 is 0 Å². The number of hydrogen-bond acceptors (Lipinski definition) is 8. The molecule has 2 bridgehead atoms. The number of rotatable bonds is 3. The Labute approximate surface area is 175 Å². The van der Waals surface area contributed by atoms with Crippen molar-refractivity contribution in [2.75, 3.05) is 16.3 Å². The molecule has 2 fully saturated rings.